The van der Waals surface area contributed by atoms with Crippen molar-refractivity contribution in [1.82, 2.24) is 10.2 Å². The van der Waals surface area contributed by atoms with Gasteiger partial charge >= 0.3 is 6.09 Å². The summed E-state index contributed by atoms with van der Waals surface area (Å²) >= 11 is 0. The molecule has 1 saturated heterocycles. The molecule has 2 rings (SSSR count). The third-order valence-corrected chi connectivity index (χ3v) is 17.9. The number of carbonyl (C=O) groups is 1. The van der Waals surface area contributed by atoms with E-state index >= 15 is 0 Å². The second kappa shape index (κ2) is 11.6. The topological polar surface area (TPSA) is 71.0 Å². The van der Waals surface area contributed by atoms with Crippen LogP contribution in [0.5, 0.6) is 0 Å². The van der Waals surface area contributed by atoms with Crippen molar-refractivity contribution in [2.75, 3.05) is 26.2 Å². The van der Waals surface area contributed by atoms with Gasteiger partial charge in [0.25, 0.3) is 0 Å². The van der Waals surface area contributed by atoms with Gasteiger partial charge in [-0.1, -0.05) is 41.5 Å². The van der Waals surface area contributed by atoms with Crippen LogP contribution in [0.15, 0.2) is 0 Å². The second-order valence-corrected chi connectivity index (χ2v) is 19.3. The molecular weight excluding hydrogens is 424 g/mol. The monoisotopic (exact) mass is 472 g/mol. The van der Waals surface area contributed by atoms with E-state index in [1.54, 1.807) is 0 Å². The summed E-state index contributed by atoms with van der Waals surface area (Å²) in [5.41, 5.74) is 0.415. The first-order valence-electron chi connectivity index (χ1n) is 12.8. The van der Waals surface area contributed by atoms with Crippen molar-refractivity contribution in [2.24, 2.45) is 5.41 Å². The van der Waals surface area contributed by atoms with E-state index in [1.165, 1.54) is 37.4 Å². The molecule has 2 fully saturated rings. The molecule has 1 spiro atoms. The van der Waals surface area contributed by atoms with Crippen molar-refractivity contribution in [3.8, 4) is 0 Å². The van der Waals surface area contributed by atoms with E-state index in [-0.39, 0.29) is 6.10 Å². The van der Waals surface area contributed by atoms with Gasteiger partial charge in [-0.3, -0.25) is 4.90 Å². The maximum absolute atomic E-state index is 11.2. The fraction of sp³-hybridized carbons (Fsp3) is 0.957. The van der Waals surface area contributed by atoms with Crippen LogP contribution in [0, 0.1) is 5.41 Å². The Kier molecular flexibility index (Phi) is 10.1. The van der Waals surface area contributed by atoms with Crippen molar-refractivity contribution in [3.05, 3.63) is 0 Å². The summed E-state index contributed by atoms with van der Waals surface area (Å²) in [5.74, 6) is 0. The Hall–Kier alpha value is -0.416. The highest BCUT2D eigenvalue weighted by Gasteiger charge is 2.54. The van der Waals surface area contributed by atoms with Crippen LogP contribution < -0.4 is 5.32 Å². The molecule has 0 aromatic rings. The summed E-state index contributed by atoms with van der Waals surface area (Å²) in [6.45, 7) is 16.8. The first kappa shape index (κ1) is 26.8. The van der Waals surface area contributed by atoms with Crippen LogP contribution in [-0.2, 0) is 8.85 Å². The minimum atomic E-state index is -1.81. The molecule has 1 saturated carbocycles. The van der Waals surface area contributed by atoms with Crippen LogP contribution in [0.3, 0.4) is 0 Å². The molecule has 182 valence electrons. The Morgan fingerprint density at radius 3 is 2.00 bits per heavy atom. The first-order chi connectivity index (χ1) is 14.7. The maximum atomic E-state index is 11.2. The van der Waals surface area contributed by atoms with Crippen molar-refractivity contribution < 1.29 is 18.8 Å². The number of likely N-dealkylation sites (tertiary alicyclic amines) is 1. The van der Waals surface area contributed by atoms with Crippen LogP contribution in [0.4, 0.5) is 4.79 Å². The fourth-order valence-corrected chi connectivity index (χ4v) is 11.2. The fourth-order valence-electron chi connectivity index (χ4n) is 5.41. The zero-order valence-electron chi connectivity index (χ0n) is 21.0. The zero-order valence-corrected chi connectivity index (χ0v) is 23.0. The summed E-state index contributed by atoms with van der Waals surface area (Å²) in [4.78, 5) is 13.7. The largest absolute Gasteiger partial charge is 0.465 e. The minimum Gasteiger partial charge on any atom is -0.465 e. The zero-order chi connectivity index (χ0) is 23.1. The van der Waals surface area contributed by atoms with Gasteiger partial charge in [0.05, 0.1) is 12.2 Å². The van der Waals surface area contributed by atoms with E-state index < -0.39 is 22.7 Å². The van der Waals surface area contributed by atoms with E-state index in [0.29, 0.717) is 18.1 Å². The molecule has 1 aliphatic carbocycles. The molecule has 1 amide bonds. The average Bonchev–Trinajstić information content (AvgIpc) is 3.57. The molecule has 0 aromatic carbocycles. The van der Waals surface area contributed by atoms with Crippen LogP contribution in [-0.4, -0.2) is 71.1 Å². The van der Waals surface area contributed by atoms with Crippen molar-refractivity contribution >= 4 is 22.7 Å². The van der Waals surface area contributed by atoms with Crippen molar-refractivity contribution in [2.45, 2.75) is 109 Å². The highest BCUT2D eigenvalue weighted by Crippen LogP contribution is 2.55. The third-order valence-electron chi connectivity index (χ3n) is 8.54. The van der Waals surface area contributed by atoms with Gasteiger partial charge in [0.1, 0.15) is 0 Å². The summed E-state index contributed by atoms with van der Waals surface area (Å²) in [6, 6.07) is 6.82. The number of hydrogen-bond acceptors (Lipinski definition) is 4. The van der Waals surface area contributed by atoms with E-state index in [4.69, 9.17) is 8.85 Å². The Labute approximate surface area is 192 Å². The second-order valence-electron chi connectivity index (χ2n) is 9.89. The number of nitrogens with one attached hydrogen (secondary N) is 1. The molecule has 1 aliphatic heterocycles. The average molecular weight is 473 g/mol. The predicted octanol–water partition coefficient (Wildman–Crippen LogP) is 5.52. The number of rotatable bonds is 14. The molecule has 1 heterocycles. The van der Waals surface area contributed by atoms with Gasteiger partial charge in [-0.2, -0.15) is 0 Å². The normalized spacial score (nSPS) is 22.5. The molecule has 2 atom stereocenters. The molecule has 6 nitrogen and oxygen atoms in total. The van der Waals surface area contributed by atoms with Crippen LogP contribution in [0.25, 0.3) is 0 Å². The lowest BCUT2D eigenvalue weighted by molar-refractivity contribution is 0.00262. The van der Waals surface area contributed by atoms with E-state index in [2.05, 4.69) is 51.8 Å². The highest BCUT2D eigenvalue weighted by atomic mass is 28.4. The van der Waals surface area contributed by atoms with Gasteiger partial charge in [-0.05, 0) is 67.5 Å². The SMILES string of the molecule is CC[Si](CC)(CC)O[C@H](CNC(=O)O)CN1CCC2(CC2)[C@H](O[Si](CC)(CC)CC)C1. The highest BCUT2D eigenvalue weighted by molar-refractivity contribution is 6.74. The third kappa shape index (κ3) is 6.79. The molecule has 0 bridgehead atoms. The van der Waals surface area contributed by atoms with Gasteiger partial charge in [0.15, 0.2) is 16.6 Å². The van der Waals surface area contributed by atoms with E-state index in [9.17, 15) is 9.90 Å². The molecule has 0 unspecified atom stereocenters. The summed E-state index contributed by atoms with van der Waals surface area (Å²) in [5, 5.41) is 11.8. The number of amides is 1. The molecule has 2 aliphatic rings. The molecule has 2 N–H and O–H groups in total. The van der Waals surface area contributed by atoms with Gasteiger partial charge in [-0.25, -0.2) is 4.79 Å². The molecule has 0 aromatic heterocycles. The minimum absolute atomic E-state index is 0.0814. The Morgan fingerprint density at radius 1 is 1.00 bits per heavy atom. The number of carboxylic acid groups (broad SMARTS) is 1. The van der Waals surface area contributed by atoms with Gasteiger partial charge < -0.3 is 19.3 Å². The molecular formula is C23H48N2O4Si2. The molecule has 8 heteroatoms. The van der Waals surface area contributed by atoms with Gasteiger partial charge in [0.2, 0.25) is 0 Å². The maximum Gasteiger partial charge on any atom is 0.404 e. The van der Waals surface area contributed by atoms with Crippen LogP contribution in [0.2, 0.25) is 36.3 Å². The summed E-state index contributed by atoms with van der Waals surface area (Å²) in [6.07, 6.45) is 3.12. The van der Waals surface area contributed by atoms with Crippen molar-refractivity contribution in [1.29, 1.82) is 0 Å². The smallest absolute Gasteiger partial charge is 0.404 e. The Morgan fingerprint density at radius 2 is 1.55 bits per heavy atom. The summed E-state index contributed by atoms with van der Waals surface area (Å²) in [7, 11) is -3.46. The van der Waals surface area contributed by atoms with Crippen LogP contribution in [0.1, 0.15) is 60.8 Å². The quantitative estimate of drug-likeness (QED) is 0.326. The number of hydrogen-bond donors (Lipinski definition) is 2. The van der Waals surface area contributed by atoms with E-state index in [0.717, 1.165) is 37.8 Å². The van der Waals surface area contributed by atoms with Gasteiger partial charge in [0, 0.05) is 19.6 Å². The van der Waals surface area contributed by atoms with Crippen LogP contribution >= 0.6 is 0 Å². The lowest BCUT2D eigenvalue weighted by Crippen LogP contribution is -2.55. The Balaban J connectivity index is 2.10. The lowest BCUT2D eigenvalue weighted by atomic mass is 9.90. The summed E-state index contributed by atoms with van der Waals surface area (Å²) < 4.78 is 13.8. The van der Waals surface area contributed by atoms with Crippen molar-refractivity contribution in [3.63, 3.8) is 0 Å². The molecule has 0 radical (unpaired) electrons. The standard InChI is InChI=1S/C23H48N2O4Si2/c1-7-30(8-2,9-3)28-20(17-24-22(26)27)18-25-16-15-23(13-14-23)21(19-25)29-31(10-4,11-5)12-6/h20-21,24H,7-19H2,1-6H3,(H,26,27)/t20-,21-/m1/s1. The number of piperidine rings is 1. The van der Waals surface area contributed by atoms with E-state index in [1.807, 2.05) is 0 Å². The Bertz CT molecular complexity index is 549. The van der Waals surface area contributed by atoms with Gasteiger partial charge in [-0.15, -0.1) is 0 Å². The lowest BCUT2D eigenvalue weighted by Gasteiger charge is -2.45. The predicted molar refractivity (Wildman–Crippen MR) is 133 cm³/mol. The molecule has 31 heavy (non-hydrogen) atoms. The number of nitrogens with zero attached hydrogens (tertiary/aromatic N) is 1. The first-order valence-corrected chi connectivity index (χ1v) is 17.9.